The number of hydrogen-bond acceptors (Lipinski definition) is 2. The number of para-hydroxylation sites is 1. The van der Waals surface area contributed by atoms with Crippen molar-refractivity contribution in [1.29, 1.82) is 0 Å². The van der Waals surface area contributed by atoms with Crippen LogP contribution in [0.4, 0.5) is 17.1 Å². The van der Waals surface area contributed by atoms with Crippen molar-refractivity contribution in [3.05, 3.63) is 307 Å². The van der Waals surface area contributed by atoms with Crippen LogP contribution < -0.4 is 46.4 Å². The fourth-order valence-corrected chi connectivity index (χ4v) is 27.4. The maximum atomic E-state index is 2.66. The molecule has 1 aliphatic carbocycles. The van der Waals surface area contributed by atoms with E-state index in [4.69, 9.17) is 0 Å². The molecule has 0 N–H and O–H groups in total. The van der Waals surface area contributed by atoms with Crippen LogP contribution in [0.5, 0.6) is 0 Å². The Labute approximate surface area is 422 Å². The van der Waals surface area contributed by atoms with Gasteiger partial charge in [0, 0.05) is 26.7 Å². The molecule has 0 saturated heterocycles. The summed E-state index contributed by atoms with van der Waals surface area (Å²) in [6, 6.07) is 109. The minimum Gasteiger partial charge on any atom is -0.310 e. The molecule has 0 radical (unpaired) electrons. The van der Waals surface area contributed by atoms with Gasteiger partial charge in [-0.2, -0.15) is 0 Å². The standard InChI is InChI=1S/C67H47NSSi2/c1-6-25-48(26-7-1)67(49-27-8-2-9-28-49)55-36-17-16-35-54(55)66-56(67)37-24-38-57(66)68(50-29-10-3-11-30-50)51-45-46-64-65(47-51)70(52-31-12-4-13-32-52,53-33-14-5-15-34-53)62-43-22-23-44-63(62)71(64)60-41-20-18-39-58(60)69-59-40-19-21-42-61(59)71/h1-47H. The average molecular weight is 954 g/mol. The highest BCUT2D eigenvalue weighted by Crippen LogP contribution is 2.59. The largest absolute Gasteiger partial charge is 0.310 e. The van der Waals surface area contributed by atoms with Crippen molar-refractivity contribution in [3.63, 3.8) is 0 Å². The summed E-state index contributed by atoms with van der Waals surface area (Å²) in [6.07, 6.45) is 0. The lowest BCUT2D eigenvalue weighted by Gasteiger charge is -2.50. The van der Waals surface area contributed by atoms with Crippen LogP contribution in [0.15, 0.2) is 295 Å². The van der Waals surface area contributed by atoms with Crippen molar-refractivity contribution >= 4 is 86.5 Å². The van der Waals surface area contributed by atoms with Crippen LogP contribution in [0.2, 0.25) is 0 Å². The van der Waals surface area contributed by atoms with Crippen LogP contribution >= 0.6 is 11.8 Å². The van der Waals surface area contributed by atoms with Crippen molar-refractivity contribution in [2.24, 2.45) is 0 Å². The van der Waals surface area contributed by atoms with E-state index in [0.717, 1.165) is 17.1 Å². The van der Waals surface area contributed by atoms with Gasteiger partial charge in [0.2, 0.25) is 0 Å². The summed E-state index contributed by atoms with van der Waals surface area (Å²) in [6.45, 7) is 0. The molecule has 0 aromatic heterocycles. The first-order valence-electron chi connectivity index (χ1n) is 24.7. The molecule has 1 spiro atoms. The highest BCUT2D eigenvalue weighted by Gasteiger charge is 2.59. The molecule has 2 heterocycles. The van der Waals surface area contributed by atoms with Gasteiger partial charge in [0.25, 0.3) is 0 Å². The Morgan fingerprint density at radius 1 is 0.310 bits per heavy atom. The van der Waals surface area contributed by atoms with E-state index in [1.165, 1.54) is 84.7 Å². The van der Waals surface area contributed by atoms with Gasteiger partial charge in [-0.25, -0.2) is 0 Å². The molecule has 14 rings (SSSR count). The van der Waals surface area contributed by atoms with E-state index in [-0.39, 0.29) is 0 Å². The lowest BCUT2D eigenvalue weighted by Crippen LogP contribution is -2.93. The predicted molar refractivity (Wildman–Crippen MR) is 303 cm³/mol. The zero-order valence-corrected chi connectivity index (χ0v) is 41.8. The van der Waals surface area contributed by atoms with Gasteiger partial charge in [-0.15, -0.1) is 0 Å². The zero-order valence-electron chi connectivity index (χ0n) is 39.0. The Kier molecular flexibility index (Phi) is 9.79. The summed E-state index contributed by atoms with van der Waals surface area (Å²) in [5, 5.41) is 11.7. The molecule has 0 bridgehead atoms. The van der Waals surface area contributed by atoms with Crippen molar-refractivity contribution in [2.75, 3.05) is 4.90 Å². The molecule has 0 saturated carbocycles. The van der Waals surface area contributed by atoms with Crippen molar-refractivity contribution in [3.8, 4) is 11.1 Å². The third-order valence-electron chi connectivity index (χ3n) is 15.7. The number of fused-ring (bicyclic) bond motifs is 11. The number of benzene rings is 11. The highest BCUT2D eigenvalue weighted by molar-refractivity contribution is 8.00. The first kappa shape index (κ1) is 41.9. The highest BCUT2D eigenvalue weighted by atomic mass is 32.2. The zero-order chi connectivity index (χ0) is 47.0. The fourth-order valence-electron chi connectivity index (χ4n) is 13.1. The second-order valence-corrected chi connectivity index (χ2v) is 27.5. The number of anilines is 3. The van der Waals surface area contributed by atoms with Crippen molar-refractivity contribution in [2.45, 2.75) is 15.2 Å². The smallest absolute Gasteiger partial charge is 0.181 e. The summed E-state index contributed by atoms with van der Waals surface area (Å²) in [4.78, 5) is 5.30. The molecule has 2 aliphatic heterocycles. The molecule has 0 fully saturated rings. The van der Waals surface area contributed by atoms with Crippen molar-refractivity contribution in [1.82, 2.24) is 0 Å². The van der Waals surface area contributed by atoms with Crippen LogP contribution in [0.3, 0.4) is 0 Å². The van der Waals surface area contributed by atoms with Crippen molar-refractivity contribution < 1.29 is 0 Å². The molecule has 11 aromatic rings. The summed E-state index contributed by atoms with van der Waals surface area (Å²) < 4.78 is 0. The molecule has 0 atom stereocenters. The van der Waals surface area contributed by atoms with Gasteiger partial charge in [0.1, 0.15) is 0 Å². The van der Waals surface area contributed by atoms with Crippen LogP contribution in [0.25, 0.3) is 11.1 Å². The van der Waals surface area contributed by atoms with Crippen LogP contribution in [0.1, 0.15) is 22.3 Å². The Hall–Kier alpha value is -8.00. The van der Waals surface area contributed by atoms with E-state index in [1.54, 1.807) is 0 Å². The maximum absolute atomic E-state index is 3.10. The first-order valence-corrected chi connectivity index (χ1v) is 29.5. The Morgan fingerprint density at radius 3 is 1.35 bits per heavy atom. The number of nitrogens with zero attached hydrogens (tertiary/aromatic N) is 1. The SMILES string of the molecule is c1ccc(N(c2ccc3c(c2)[Si](c2ccccc2)(c2ccccc2)c2ccccc2[Si]32c3ccccc3Sc3ccccc32)c2cccc3c2-c2ccccc2C3(c2ccccc2)c2ccccc2)cc1. The summed E-state index contributed by atoms with van der Waals surface area (Å²) in [5.74, 6) is 0. The maximum Gasteiger partial charge on any atom is 0.181 e. The third kappa shape index (κ3) is 5.87. The molecule has 0 amide bonds. The molecule has 0 unspecified atom stereocenters. The molecule has 11 aromatic carbocycles. The van der Waals surface area contributed by atoms with Gasteiger partial charge in [-0.3, -0.25) is 0 Å². The third-order valence-corrected chi connectivity index (χ3v) is 27.6. The second kappa shape index (κ2) is 16.6. The van der Waals surface area contributed by atoms with E-state index in [9.17, 15) is 0 Å². The van der Waals surface area contributed by atoms with Crippen LogP contribution in [-0.4, -0.2) is 16.1 Å². The van der Waals surface area contributed by atoms with Gasteiger partial charge in [0.05, 0.1) is 11.1 Å². The van der Waals surface area contributed by atoms with Crippen LogP contribution in [-0.2, 0) is 5.41 Å². The topological polar surface area (TPSA) is 3.24 Å². The summed E-state index contributed by atoms with van der Waals surface area (Å²) in [7, 11) is -6.08. The van der Waals surface area contributed by atoms with E-state index in [1.807, 2.05) is 11.8 Å². The molecule has 1 nitrogen and oxygen atoms in total. The van der Waals surface area contributed by atoms with E-state index >= 15 is 0 Å². The molecule has 334 valence electrons. The Morgan fingerprint density at radius 2 is 0.761 bits per heavy atom. The van der Waals surface area contributed by atoms with Crippen LogP contribution in [0, 0.1) is 0 Å². The quantitative estimate of drug-likeness (QED) is 0.147. The minimum atomic E-state index is -3.10. The Balaban J connectivity index is 1.13. The molecular formula is C67H47NSSi2. The van der Waals surface area contributed by atoms with Gasteiger partial charge < -0.3 is 4.90 Å². The summed E-state index contributed by atoms with van der Waals surface area (Å²) >= 11 is 1.93. The monoisotopic (exact) mass is 953 g/mol. The van der Waals surface area contributed by atoms with E-state index in [2.05, 4.69) is 290 Å². The van der Waals surface area contributed by atoms with Gasteiger partial charge >= 0.3 is 0 Å². The number of hydrogen-bond donors (Lipinski definition) is 0. The van der Waals surface area contributed by atoms with E-state index < -0.39 is 21.6 Å². The number of rotatable bonds is 7. The summed E-state index contributed by atoms with van der Waals surface area (Å²) in [5.41, 5.74) is 10.5. The molecular weight excluding hydrogens is 907 g/mol. The van der Waals surface area contributed by atoms with Gasteiger partial charge in [-0.05, 0) is 112 Å². The molecule has 4 heteroatoms. The lowest BCUT2D eigenvalue weighted by molar-refractivity contribution is 0.768. The van der Waals surface area contributed by atoms with Gasteiger partial charge in [0.15, 0.2) is 16.1 Å². The average Bonchev–Trinajstić information content (AvgIpc) is 3.76. The molecule has 3 aliphatic rings. The predicted octanol–water partition coefficient (Wildman–Crippen LogP) is 11.1. The lowest BCUT2D eigenvalue weighted by atomic mass is 9.68. The molecule has 71 heavy (non-hydrogen) atoms. The van der Waals surface area contributed by atoms with Gasteiger partial charge in [-0.1, -0.05) is 254 Å². The minimum absolute atomic E-state index is 0.535. The fraction of sp³-hybridized carbons (Fsp3) is 0.0149. The van der Waals surface area contributed by atoms with E-state index in [0.29, 0.717) is 0 Å². The Bertz CT molecular complexity index is 3680. The normalized spacial score (nSPS) is 14.8. The first-order chi connectivity index (χ1) is 35.2. The second-order valence-electron chi connectivity index (χ2n) is 19.0.